The minimum absolute atomic E-state index is 0.281. The summed E-state index contributed by atoms with van der Waals surface area (Å²) in [5.41, 5.74) is 2.44. The fourth-order valence-corrected chi connectivity index (χ4v) is 2.84. The first-order valence-corrected chi connectivity index (χ1v) is 7.45. The molecule has 1 heterocycles. The van der Waals surface area contributed by atoms with E-state index >= 15 is 0 Å². The SMILES string of the molecule is C[C@@H](NCc1cnc(N(C)C)n1C)c1ccccc1Br. The number of hydrogen-bond donors (Lipinski definition) is 1. The first-order chi connectivity index (χ1) is 9.50. The topological polar surface area (TPSA) is 33.1 Å². The number of halogens is 1. The van der Waals surface area contributed by atoms with Crippen molar-refractivity contribution in [3.8, 4) is 0 Å². The number of nitrogens with one attached hydrogen (secondary N) is 1. The molecule has 2 aromatic rings. The standard InChI is InChI=1S/C15H21BrN4/c1-11(13-7-5-6-8-14(13)16)17-9-12-10-18-15(19(2)3)20(12)4/h5-8,10-11,17H,9H2,1-4H3/t11-/m1/s1. The fraction of sp³-hybridized carbons (Fsp3) is 0.400. The third-order valence-electron chi connectivity index (χ3n) is 3.42. The molecule has 0 saturated heterocycles. The molecular weight excluding hydrogens is 316 g/mol. The number of imidazole rings is 1. The molecule has 0 spiro atoms. The second-order valence-electron chi connectivity index (χ2n) is 5.13. The smallest absolute Gasteiger partial charge is 0.204 e. The normalized spacial score (nSPS) is 12.4. The van der Waals surface area contributed by atoms with Crippen molar-refractivity contribution < 1.29 is 0 Å². The Morgan fingerprint density at radius 2 is 2.05 bits per heavy atom. The number of rotatable bonds is 5. The predicted octanol–water partition coefficient (Wildman–Crippen LogP) is 3.10. The lowest BCUT2D eigenvalue weighted by atomic mass is 10.1. The second kappa shape index (κ2) is 6.41. The van der Waals surface area contributed by atoms with E-state index < -0.39 is 0 Å². The zero-order valence-corrected chi connectivity index (χ0v) is 14.0. The number of hydrogen-bond acceptors (Lipinski definition) is 3. The maximum Gasteiger partial charge on any atom is 0.204 e. The van der Waals surface area contributed by atoms with Crippen molar-refractivity contribution in [2.45, 2.75) is 19.5 Å². The van der Waals surface area contributed by atoms with E-state index in [4.69, 9.17) is 0 Å². The molecule has 0 bridgehead atoms. The first kappa shape index (κ1) is 15.1. The van der Waals surface area contributed by atoms with Crippen molar-refractivity contribution >= 4 is 21.9 Å². The van der Waals surface area contributed by atoms with Crippen molar-refractivity contribution in [3.63, 3.8) is 0 Å². The minimum Gasteiger partial charge on any atom is -0.348 e. The fourth-order valence-electron chi connectivity index (χ4n) is 2.21. The molecule has 0 saturated carbocycles. The van der Waals surface area contributed by atoms with E-state index in [1.165, 1.54) is 11.3 Å². The van der Waals surface area contributed by atoms with Crippen molar-refractivity contribution in [2.24, 2.45) is 7.05 Å². The van der Waals surface area contributed by atoms with E-state index in [-0.39, 0.29) is 6.04 Å². The van der Waals surface area contributed by atoms with E-state index in [1.807, 2.05) is 38.3 Å². The van der Waals surface area contributed by atoms with Crippen LogP contribution >= 0.6 is 15.9 Å². The third kappa shape index (κ3) is 3.22. The van der Waals surface area contributed by atoms with Gasteiger partial charge in [-0.2, -0.15) is 0 Å². The summed E-state index contributed by atoms with van der Waals surface area (Å²) in [5, 5.41) is 3.54. The monoisotopic (exact) mass is 336 g/mol. The van der Waals surface area contributed by atoms with Gasteiger partial charge < -0.3 is 14.8 Å². The maximum atomic E-state index is 4.42. The molecule has 1 N–H and O–H groups in total. The van der Waals surface area contributed by atoms with Gasteiger partial charge in [0.15, 0.2) is 0 Å². The van der Waals surface area contributed by atoms with Gasteiger partial charge in [-0.1, -0.05) is 34.1 Å². The molecule has 1 atom stereocenters. The molecule has 0 amide bonds. The van der Waals surface area contributed by atoms with Gasteiger partial charge in [0.25, 0.3) is 0 Å². The molecule has 1 aromatic heterocycles. The van der Waals surface area contributed by atoms with Crippen molar-refractivity contribution in [1.82, 2.24) is 14.9 Å². The van der Waals surface area contributed by atoms with E-state index in [9.17, 15) is 0 Å². The Labute approximate surface area is 128 Å². The highest BCUT2D eigenvalue weighted by Gasteiger charge is 2.11. The van der Waals surface area contributed by atoms with Crippen LogP contribution in [0.5, 0.6) is 0 Å². The van der Waals surface area contributed by atoms with E-state index in [1.54, 1.807) is 0 Å². The van der Waals surface area contributed by atoms with Gasteiger partial charge in [0.2, 0.25) is 5.95 Å². The van der Waals surface area contributed by atoms with Crippen LogP contribution in [0.25, 0.3) is 0 Å². The van der Waals surface area contributed by atoms with Gasteiger partial charge in [-0.3, -0.25) is 0 Å². The van der Waals surface area contributed by atoms with Crippen LogP contribution in [0.4, 0.5) is 5.95 Å². The van der Waals surface area contributed by atoms with Crippen LogP contribution in [0.2, 0.25) is 0 Å². The Balaban J connectivity index is 2.04. The lowest BCUT2D eigenvalue weighted by molar-refractivity contribution is 0.556. The van der Waals surface area contributed by atoms with Gasteiger partial charge in [0, 0.05) is 38.2 Å². The molecule has 2 rings (SSSR count). The largest absolute Gasteiger partial charge is 0.348 e. The van der Waals surface area contributed by atoms with Gasteiger partial charge >= 0.3 is 0 Å². The highest BCUT2D eigenvalue weighted by atomic mass is 79.9. The summed E-state index contributed by atoms with van der Waals surface area (Å²) >= 11 is 3.60. The average Bonchev–Trinajstić information content (AvgIpc) is 2.78. The van der Waals surface area contributed by atoms with Crippen LogP contribution in [-0.2, 0) is 13.6 Å². The number of aromatic nitrogens is 2. The summed E-state index contributed by atoms with van der Waals surface area (Å²) in [6, 6.07) is 8.58. The van der Waals surface area contributed by atoms with Crippen molar-refractivity contribution in [1.29, 1.82) is 0 Å². The van der Waals surface area contributed by atoms with Crippen molar-refractivity contribution in [2.75, 3.05) is 19.0 Å². The molecule has 20 heavy (non-hydrogen) atoms. The highest BCUT2D eigenvalue weighted by molar-refractivity contribution is 9.10. The Bertz CT molecular complexity index is 577. The summed E-state index contributed by atoms with van der Waals surface area (Å²) in [6.45, 7) is 2.96. The molecule has 5 heteroatoms. The van der Waals surface area contributed by atoms with Gasteiger partial charge in [-0.15, -0.1) is 0 Å². The van der Waals surface area contributed by atoms with E-state index in [2.05, 4.69) is 55.9 Å². The Morgan fingerprint density at radius 3 is 2.65 bits per heavy atom. The second-order valence-corrected chi connectivity index (χ2v) is 5.98. The molecule has 0 unspecified atom stereocenters. The van der Waals surface area contributed by atoms with Crippen LogP contribution in [0.3, 0.4) is 0 Å². The minimum atomic E-state index is 0.281. The molecule has 1 aromatic carbocycles. The van der Waals surface area contributed by atoms with Crippen LogP contribution < -0.4 is 10.2 Å². The van der Waals surface area contributed by atoms with Crippen LogP contribution in [0, 0.1) is 0 Å². The molecule has 0 aliphatic carbocycles. The Morgan fingerprint density at radius 1 is 1.35 bits per heavy atom. The zero-order valence-electron chi connectivity index (χ0n) is 12.4. The van der Waals surface area contributed by atoms with Crippen LogP contribution in [0.1, 0.15) is 24.2 Å². The predicted molar refractivity (Wildman–Crippen MR) is 86.9 cm³/mol. The molecule has 0 radical (unpaired) electrons. The molecular formula is C15H21BrN4. The number of anilines is 1. The summed E-state index contributed by atoms with van der Waals surface area (Å²) < 4.78 is 3.25. The summed E-state index contributed by atoms with van der Waals surface area (Å²) in [5.74, 6) is 0.968. The Hall–Kier alpha value is -1.33. The lowest BCUT2D eigenvalue weighted by Gasteiger charge is -2.17. The van der Waals surface area contributed by atoms with Gasteiger partial charge in [-0.25, -0.2) is 4.98 Å². The molecule has 0 aliphatic heterocycles. The number of nitrogens with zero attached hydrogens (tertiary/aromatic N) is 3. The van der Waals surface area contributed by atoms with Gasteiger partial charge in [0.1, 0.15) is 0 Å². The molecule has 0 fully saturated rings. The van der Waals surface area contributed by atoms with E-state index in [0.717, 1.165) is 17.0 Å². The average molecular weight is 337 g/mol. The summed E-state index contributed by atoms with van der Waals surface area (Å²) in [6.07, 6.45) is 1.93. The summed E-state index contributed by atoms with van der Waals surface area (Å²) in [4.78, 5) is 6.44. The van der Waals surface area contributed by atoms with E-state index in [0.29, 0.717) is 0 Å². The molecule has 108 valence electrons. The molecule has 0 aliphatic rings. The summed E-state index contributed by atoms with van der Waals surface area (Å²) in [7, 11) is 6.05. The Kier molecular flexibility index (Phi) is 4.83. The highest BCUT2D eigenvalue weighted by Crippen LogP contribution is 2.23. The van der Waals surface area contributed by atoms with Gasteiger partial charge in [-0.05, 0) is 18.6 Å². The van der Waals surface area contributed by atoms with Gasteiger partial charge in [0.05, 0.1) is 11.9 Å². The first-order valence-electron chi connectivity index (χ1n) is 6.66. The number of benzene rings is 1. The third-order valence-corrected chi connectivity index (χ3v) is 4.14. The van der Waals surface area contributed by atoms with Crippen molar-refractivity contribution in [3.05, 3.63) is 46.2 Å². The maximum absolute atomic E-state index is 4.42. The van der Waals surface area contributed by atoms with Crippen LogP contribution in [-0.4, -0.2) is 23.6 Å². The lowest BCUT2D eigenvalue weighted by Crippen LogP contribution is -2.21. The quantitative estimate of drug-likeness (QED) is 0.910. The molecule has 4 nitrogen and oxygen atoms in total. The van der Waals surface area contributed by atoms with Crippen LogP contribution in [0.15, 0.2) is 34.9 Å². The zero-order chi connectivity index (χ0) is 14.7.